The van der Waals surface area contributed by atoms with Crippen molar-refractivity contribution in [2.45, 2.75) is 0 Å². The predicted octanol–water partition coefficient (Wildman–Crippen LogP) is 6.04. The monoisotopic (exact) mass is 334 g/mol. The lowest BCUT2D eigenvalue weighted by Crippen LogP contribution is -1.89. The summed E-state index contributed by atoms with van der Waals surface area (Å²) in [5.41, 5.74) is 4.84. The van der Waals surface area contributed by atoms with Gasteiger partial charge in [-0.3, -0.25) is 0 Å². The van der Waals surface area contributed by atoms with Gasteiger partial charge in [-0.25, -0.2) is 0 Å². The Balaban J connectivity index is 2.17. The third kappa shape index (κ3) is 3.32. The molecular formula is C20H15Br. The summed E-state index contributed by atoms with van der Waals surface area (Å²) in [5, 5.41) is 0. The van der Waals surface area contributed by atoms with Gasteiger partial charge in [0.15, 0.2) is 0 Å². The van der Waals surface area contributed by atoms with Crippen molar-refractivity contribution in [2.75, 3.05) is 0 Å². The Kier molecular flexibility index (Phi) is 4.32. The van der Waals surface area contributed by atoms with Crippen LogP contribution in [0.15, 0.2) is 89.4 Å². The third-order valence-electron chi connectivity index (χ3n) is 3.36. The smallest absolute Gasteiger partial charge is 0.0253 e. The molecule has 0 nitrogen and oxygen atoms in total. The molecular weight excluding hydrogens is 320 g/mol. The Labute approximate surface area is 133 Å². The van der Waals surface area contributed by atoms with E-state index in [9.17, 15) is 0 Å². The summed E-state index contributed by atoms with van der Waals surface area (Å²) in [6, 6.07) is 29.2. The SMILES string of the molecule is Brc1ccccc1/C(=C\c1ccccc1)c1ccccc1. The van der Waals surface area contributed by atoms with Crippen molar-refractivity contribution in [3.8, 4) is 0 Å². The molecule has 0 saturated carbocycles. The lowest BCUT2D eigenvalue weighted by atomic mass is 9.96. The fourth-order valence-corrected chi connectivity index (χ4v) is 2.83. The molecule has 0 N–H and O–H groups in total. The molecule has 102 valence electrons. The number of benzene rings is 3. The average molecular weight is 335 g/mol. The zero-order valence-corrected chi connectivity index (χ0v) is 13.1. The van der Waals surface area contributed by atoms with Gasteiger partial charge in [0.2, 0.25) is 0 Å². The zero-order valence-electron chi connectivity index (χ0n) is 11.5. The van der Waals surface area contributed by atoms with Gasteiger partial charge in [0.25, 0.3) is 0 Å². The van der Waals surface area contributed by atoms with Crippen molar-refractivity contribution in [2.24, 2.45) is 0 Å². The van der Waals surface area contributed by atoms with Crippen LogP contribution in [0, 0.1) is 0 Å². The van der Waals surface area contributed by atoms with Crippen LogP contribution in [0.4, 0.5) is 0 Å². The minimum atomic E-state index is 1.11. The van der Waals surface area contributed by atoms with E-state index in [4.69, 9.17) is 0 Å². The van der Waals surface area contributed by atoms with Gasteiger partial charge in [0, 0.05) is 4.47 Å². The maximum atomic E-state index is 3.67. The largest absolute Gasteiger partial charge is 0.0622 e. The van der Waals surface area contributed by atoms with Crippen LogP contribution in [-0.4, -0.2) is 0 Å². The highest BCUT2D eigenvalue weighted by atomic mass is 79.9. The minimum absolute atomic E-state index is 1.11. The van der Waals surface area contributed by atoms with E-state index in [0.29, 0.717) is 0 Å². The van der Waals surface area contributed by atoms with Gasteiger partial charge in [0.05, 0.1) is 0 Å². The second-order valence-electron chi connectivity index (χ2n) is 4.81. The topological polar surface area (TPSA) is 0 Å². The van der Waals surface area contributed by atoms with Crippen molar-refractivity contribution in [1.29, 1.82) is 0 Å². The minimum Gasteiger partial charge on any atom is -0.0622 e. The maximum absolute atomic E-state index is 3.67. The quantitative estimate of drug-likeness (QED) is 0.512. The van der Waals surface area contributed by atoms with E-state index >= 15 is 0 Å². The second-order valence-corrected chi connectivity index (χ2v) is 5.67. The fourth-order valence-electron chi connectivity index (χ4n) is 2.33. The molecule has 0 aliphatic carbocycles. The number of rotatable bonds is 3. The van der Waals surface area contributed by atoms with E-state index in [1.54, 1.807) is 0 Å². The average Bonchev–Trinajstić information content (AvgIpc) is 2.55. The van der Waals surface area contributed by atoms with E-state index in [1.807, 2.05) is 18.2 Å². The van der Waals surface area contributed by atoms with E-state index in [-0.39, 0.29) is 0 Å². The van der Waals surface area contributed by atoms with Crippen LogP contribution in [0.5, 0.6) is 0 Å². The number of hydrogen-bond donors (Lipinski definition) is 0. The highest BCUT2D eigenvalue weighted by Crippen LogP contribution is 2.31. The Bertz CT molecular complexity index is 743. The van der Waals surface area contributed by atoms with Crippen LogP contribution in [-0.2, 0) is 0 Å². The first-order chi connectivity index (χ1) is 10.3. The highest BCUT2D eigenvalue weighted by molar-refractivity contribution is 9.10. The summed E-state index contributed by atoms with van der Waals surface area (Å²) >= 11 is 3.67. The molecule has 1 heteroatoms. The molecule has 21 heavy (non-hydrogen) atoms. The van der Waals surface area contributed by atoms with Gasteiger partial charge in [0.1, 0.15) is 0 Å². The molecule has 0 heterocycles. The molecule has 0 fully saturated rings. The van der Waals surface area contributed by atoms with Gasteiger partial charge in [-0.05, 0) is 34.4 Å². The maximum Gasteiger partial charge on any atom is 0.0253 e. The molecule has 3 aromatic carbocycles. The molecule has 0 aliphatic heterocycles. The van der Waals surface area contributed by atoms with Gasteiger partial charge in [-0.15, -0.1) is 0 Å². The Morgan fingerprint density at radius 1 is 0.667 bits per heavy atom. The van der Waals surface area contributed by atoms with Crippen LogP contribution in [0.1, 0.15) is 16.7 Å². The lowest BCUT2D eigenvalue weighted by molar-refractivity contribution is 1.52. The molecule has 0 atom stereocenters. The standard InChI is InChI=1S/C20H15Br/c21-20-14-8-7-13-18(20)19(17-11-5-2-6-12-17)15-16-9-3-1-4-10-16/h1-15H/b19-15-. The summed E-state index contributed by atoms with van der Waals surface area (Å²) in [4.78, 5) is 0. The fraction of sp³-hybridized carbons (Fsp3) is 0. The zero-order chi connectivity index (χ0) is 14.5. The van der Waals surface area contributed by atoms with E-state index in [2.05, 4.69) is 88.7 Å². The van der Waals surface area contributed by atoms with Gasteiger partial charge in [-0.2, -0.15) is 0 Å². The lowest BCUT2D eigenvalue weighted by Gasteiger charge is -2.11. The summed E-state index contributed by atoms with van der Waals surface area (Å²) < 4.78 is 1.11. The van der Waals surface area contributed by atoms with Gasteiger partial charge < -0.3 is 0 Å². The van der Waals surface area contributed by atoms with Crippen LogP contribution in [0.3, 0.4) is 0 Å². The summed E-state index contributed by atoms with van der Waals surface area (Å²) in [6.07, 6.45) is 2.23. The molecule has 0 saturated heterocycles. The summed E-state index contributed by atoms with van der Waals surface area (Å²) in [7, 11) is 0. The molecule has 3 aromatic rings. The first-order valence-corrected chi connectivity index (χ1v) is 7.71. The molecule has 0 radical (unpaired) electrons. The molecule has 0 aromatic heterocycles. The molecule has 0 amide bonds. The van der Waals surface area contributed by atoms with Crippen LogP contribution >= 0.6 is 15.9 Å². The van der Waals surface area contributed by atoms with E-state index < -0.39 is 0 Å². The molecule has 0 bridgehead atoms. The van der Waals surface area contributed by atoms with Crippen molar-refractivity contribution in [1.82, 2.24) is 0 Å². The van der Waals surface area contributed by atoms with Crippen LogP contribution in [0.25, 0.3) is 11.6 Å². The summed E-state index contributed by atoms with van der Waals surface area (Å²) in [6.45, 7) is 0. The van der Waals surface area contributed by atoms with E-state index in [1.165, 1.54) is 22.3 Å². The predicted molar refractivity (Wildman–Crippen MR) is 94.0 cm³/mol. The van der Waals surface area contributed by atoms with Crippen LogP contribution < -0.4 is 0 Å². The molecule has 0 spiro atoms. The first kappa shape index (κ1) is 13.8. The Hall–Kier alpha value is -2.12. The van der Waals surface area contributed by atoms with Crippen molar-refractivity contribution < 1.29 is 0 Å². The van der Waals surface area contributed by atoms with Crippen LogP contribution in [0.2, 0.25) is 0 Å². The van der Waals surface area contributed by atoms with Crippen molar-refractivity contribution >= 4 is 27.6 Å². The highest BCUT2D eigenvalue weighted by Gasteiger charge is 2.08. The Morgan fingerprint density at radius 2 is 1.24 bits per heavy atom. The number of hydrogen-bond acceptors (Lipinski definition) is 0. The van der Waals surface area contributed by atoms with Gasteiger partial charge >= 0.3 is 0 Å². The molecule has 0 unspecified atom stereocenters. The molecule has 0 aliphatic rings. The van der Waals surface area contributed by atoms with Crippen molar-refractivity contribution in [3.05, 3.63) is 106 Å². The normalized spacial score (nSPS) is 11.4. The summed E-state index contributed by atoms with van der Waals surface area (Å²) in [5.74, 6) is 0. The second kappa shape index (κ2) is 6.55. The molecule has 3 rings (SSSR count). The number of halogens is 1. The van der Waals surface area contributed by atoms with E-state index in [0.717, 1.165) is 4.47 Å². The Morgan fingerprint density at radius 3 is 1.90 bits per heavy atom. The van der Waals surface area contributed by atoms with Crippen molar-refractivity contribution in [3.63, 3.8) is 0 Å². The first-order valence-electron chi connectivity index (χ1n) is 6.92. The third-order valence-corrected chi connectivity index (χ3v) is 4.05. The van der Waals surface area contributed by atoms with Gasteiger partial charge in [-0.1, -0.05) is 94.8 Å².